The Balaban J connectivity index is 2.10. The van der Waals surface area contributed by atoms with Gasteiger partial charge in [0.25, 0.3) is 0 Å². The number of benzene rings is 1. The van der Waals surface area contributed by atoms with Crippen LogP contribution in [0.1, 0.15) is 13.3 Å². The molecule has 1 fully saturated rings. The van der Waals surface area contributed by atoms with Crippen molar-refractivity contribution in [1.82, 2.24) is 4.72 Å². The van der Waals surface area contributed by atoms with E-state index in [-0.39, 0.29) is 10.6 Å². The van der Waals surface area contributed by atoms with E-state index in [1.54, 1.807) is 0 Å². The number of rotatable bonds is 4. The average Bonchev–Trinajstić information content (AvgIpc) is 2.96. The van der Waals surface area contributed by atoms with Crippen molar-refractivity contribution < 1.29 is 12.8 Å². The van der Waals surface area contributed by atoms with Gasteiger partial charge in [0.15, 0.2) is 0 Å². The molecule has 0 heterocycles. The van der Waals surface area contributed by atoms with E-state index in [0.717, 1.165) is 18.6 Å². The van der Waals surface area contributed by atoms with Gasteiger partial charge in [-0.15, -0.1) is 0 Å². The first-order chi connectivity index (χ1) is 7.90. The summed E-state index contributed by atoms with van der Waals surface area (Å²) in [4.78, 5) is 0.00435. The summed E-state index contributed by atoms with van der Waals surface area (Å²) in [5.74, 6) is 0.387. The minimum Gasteiger partial charge on any atom is -0.396 e. The van der Waals surface area contributed by atoms with Gasteiger partial charge in [0, 0.05) is 6.54 Å². The van der Waals surface area contributed by atoms with Crippen molar-refractivity contribution in [2.45, 2.75) is 18.2 Å². The van der Waals surface area contributed by atoms with Crippen molar-refractivity contribution >= 4 is 15.7 Å². The van der Waals surface area contributed by atoms with Crippen LogP contribution in [-0.4, -0.2) is 15.0 Å². The Morgan fingerprint density at radius 2 is 2.18 bits per heavy atom. The second-order valence-corrected chi connectivity index (χ2v) is 6.28. The molecule has 2 rings (SSSR count). The number of hydrogen-bond donors (Lipinski definition) is 2. The van der Waals surface area contributed by atoms with Crippen LogP contribution in [0.4, 0.5) is 10.1 Å². The first-order valence-electron chi connectivity index (χ1n) is 5.45. The van der Waals surface area contributed by atoms with Crippen molar-refractivity contribution in [3.8, 4) is 0 Å². The molecule has 1 aliphatic carbocycles. The standard InChI is InChI=1S/C11H15FN2O2S/c1-7-4-8(7)6-14-17(15,16)9-2-3-10(12)11(13)5-9/h2-3,5,7-8,14H,4,6,13H2,1H3. The molecule has 2 unspecified atom stereocenters. The molecule has 0 amide bonds. The molecule has 4 nitrogen and oxygen atoms in total. The predicted molar refractivity (Wildman–Crippen MR) is 63.3 cm³/mol. The zero-order valence-electron chi connectivity index (χ0n) is 9.48. The molecule has 6 heteroatoms. The molecule has 1 aromatic rings. The maximum absolute atomic E-state index is 12.9. The fourth-order valence-corrected chi connectivity index (χ4v) is 2.80. The normalized spacial score (nSPS) is 23.6. The Morgan fingerprint density at radius 3 is 2.71 bits per heavy atom. The number of nitrogens with two attached hydrogens (primary N) is 1. The summed E-state index contributed by atoms with van der Waals surface area (Å²) < 4.78 is 39.1. The minimum atomic E-state index is -3.57. The van der Waals surface area contributed by atoms with Crippen LogP contribution in [0.3, 0.4) is 0 Å². The van der Waals surface area contributed by atoms with E-state index < -0.39 is 15.8 Å². The zero-order chi connectivity index (χ0) is 12.6. The average molecular weight is 258 g/mol. The van der Waals surface area contributed by atoms with Crippen LogP contribution in [0.15, 0.2) is 23.1 Å². The van der Waals surface area contributed by atoms with Crippen LogP contribution < -0.4 is 10.5 Å². The lowest BCUT2D eigenvalue weighted by atomic mass is 10.3. The molecule has 0 radical (unpaired) electrons. The van der Waals surface area contributed by atoms with Gasteiger partial charge in [-0.2, -0.15) is 0 Å². The highest BCUT2D eigenvalue weighted by molar-refractivity contribution is 7.89. The highest BCUT2D eigenvalue weighted by atomic mass is 32.2. The number of nitrogens with one attached hydrogen (secondary N) is 1. The van der Waals surface area contributed by atoms with Crippen molar-refractivity contribution in [3.05, 3.63) is 24.0 Å². The van der Waals surface area contributed by atoms with Crippen molar-refractivity contribution in [2.75, 3.05) is 12.3 Å². The zero-order valence-corrected chi connectivity index (χ0v) is 10.3. The lowest BCUT2D eigenvalue weighted by Crippen LogP contribution is -2.26. The summed E-state index contributed by atoms with van der Waals surface area (Å²) in [5.41, 5.74) is 5.18. The van der Waals surface area contributed by atoms with E-state index in [2.05, 4.69) is 11.6 Å². The van der Waals surface area contributed by atoms with Crippen LogP contribution in [0, 0.1) is 17.7 Å². The molecule has 2 atom stereocenters. The second kappa shape index (κ2) is 4.27. The van der Waals surface area contributed by atoms with E-state index in [1.165, 1.54) is 6.07 Å². The molecular formula is C11H15FN2O2S. The lowest BCUT2D eigenvalue weighted by molar-refractivity contribution is 0.574. The first-order valence-corrected chi connectivity index (χ1v) is 6.93. The summed E-state index contributed by atoms with van der Waals surface area (Å²) in [5, 5.41) is 0. The molecule has 94 valence electrons. The van der Waals surface area contributed by atoms with E-state index in [9.17, 15) is 12.8 Å². The van der Waals surface area contributed by atoms with Crippen LogP contribution >= 0.6 is 0 Å². The van der Waals surface area contributed by atoms with Gasteiger partial charge in [0.05, 0.1) is 10.6 Å². The van der Waals surface area contributed by atoms with Gasteiger partial charge in [-0.3, -0.25) is 0 Å². The molecule has 0 bridgehead atoms. The summed E-state index contributed by atoms with van der Waals surface area (Å²) in [6, 6.07) is 3.40. The maximum atomic E-state index is 12.9. The number of sulfonamides is 1. The van der Waals surface area contributed by atoms with Crippen molar-refractivity contribution in [2.24, 2.45) is 11.8 Å². The van der Waals surface area contributed by atoms with Gasteiger partial charge in [0.1, 0.15) is 5.82 Å². The summed E-state index contributed by atoms with van der Waals surface area (Å²) in [6.07, 6.45) is 1.05. The minimum absolute atomic E-state index is 0.00435. The third-order valence-electron chi connectivity index (χ3n) is 3.09. The first kappa shape index (κ1) is 12.3. The van der Waals surface area contributed by atoms with Gasteiger partial charge in [-0.25, -0.2) is 17.5 Å². The molecular weight excluding hydrogens is 243 g/mol. The van der Waals surface area contributed by atoms with Crippen LogP contribution in [0.25, 0.3) is 0 Å². The number of halogens is 1. The van der Waals surface area contributed by atoms with Gasteiger partial charge < -0.3 is 5.73 Å². The van der Waals surface area contributed by atoms with E-state index >= 15 is 0 Å². The molecule has 0 aliphatic heterocycles. The van der Waals surface area contributed by atoms with Gasteiger partial charge in [-0.1, -0.05) is 6.92 Å². The van der Waals surface area contributed by atoms with E-state index in [0.29, 0.717) is 18.4 Å². The molecule has 3 N–H and O–H groups in total. The Kier molecular flexibility index (Phi) is 3.09. The summed E-state index contributed by atoms with van der Waals surface area (Å²) >= 11 is 0. The molecule has 0 aromatic heterocycles. The van der Waals surface area contributed by atoms with E-state index in [4.69, 9.17) is 5.73 Å². The monoisotopic (exact) mass is 258 g/mol. The Hall–Kier alpha value is -1.14. The SMILES string of the molecule is CC1CC1CNS(=O)(=O)c1ccc(F)c(N)c1. The lowest BCUT2D eigenvalue weighted by Gasteiger charge is -2.07. The summed E-state index contributed by atoms with van der Waals surface area (Å²) in [6.45, 7) is 2.51. The molecule has 0 saturated heterocycles. The van der Waals surface area contributed by atoms with E-state index in [1.807, 2.05) is 0 Å². The molecule has 1 aliphatic rings. The Labute approximate surface area is 100 Å². The van der Waals surface area contributed by atoms with Crippen molar-refractivity contribution in [1.29, 1.82) is 0 Å². The predicted octanol–water partition coefficient (Wildman–Crippen LogP) is 1.34. The number of nitrogen functional groups attached to an aromatic ring is 1. The number of anilines is 1. The molecule has 17 heavy (non-hydrogen) atoms. The van der Waals surface area contributed by atoms with Crippen LogP contribution in [-0.2, 0) is 10.0 Å². The quantitative estimate of drug-likeness (QED) is 0.801. The van der Waals surface area contributed by atoms with Crippen LogP contribution in [0.5, 0.6) is 0 Å². The Bertz CT molecular complexity index is 530. The Morgan fingerprint density at radius 1 is 1.53 bits per heavy atom. The largest absolute Gasteiger partial charge is 0.396 e. The third-order valence-corrected chi connectivity index (χ3v) is 4.51. The highest BCUT2D eigenvalue weighted by Gasteiger charge is 2.33. The third kappa shape index (κ3) is 2.76. The second-order valence-electron chi connectivity index (χ2n) is 4.51. The van der Waals surface area contributed by atoms with Crippen LogP contribution in [0.2, 0.25) is 0 Å². The van der Waals surface area contributed by atoms with Gasteiger partial charge >= 0.3 is 0 Å². The number of hydrogen-bond acceptors (Lipinski definition) is 3. The molecule has 1 saturated carbocycles. The van der Waals surface area contributed by atoms with Gasteiger partial charge in [-0.05, 0) is 36.5 Å². The fraction of sp³-hybridized carbons (Fsp3) is 0.455. The highest BCUT2D eigenvalue weighted by Crippen LogP contribution is 2.37. The molecule has 1 aromatic carbocycles. The van der Waals surface area contributed by atoms with Gasteiger partial charge in [0.2, 0.25) is 10.0 Å². The smallest absolute Gasteiger partial charge is 0.240 e. The fourth-order valence-electron chi connectivity index (χ4n) is 1.67. The van der Waals surface area contributed by atoms with Crippen molar-refractivity contribution in [3.63, 3.8) is 0 Å². The topological polar surface area (TPSA) is 72.2 Å². The summed E-state index contributed by atoms with van der Waals surface area (Å²) in [7, 11) is -3.57. The molecule has 0 spiro atoms. The maximum Gasteiger partial charge on any atom is 0.240 e.